The molecule has 25 heavy (non-hydrogen) atoms. The van der Waals surface area contributed by atoms with Crippen molar-refractivity contribution in [2.24, 2.45) is 0 Å². The summed E-state index contributed by atoms with van der Waals surface area (Å²) < 4.78 is 1.40. The van der Waals surface area contributed by atoms with Crippen LogP contribution in [-0.2, 0) is 17.9 Å². The second kappa shape index (κ2) is 6.80. The highest BCUT2D eigenvalue weighted by Crippen LogP contribution is 2.25. The Morgan fingerprint density at radius 2 is 1.88 bits per heavy atom. The van der Waals surface area contributed by atoms with Crippen molar-refractivity contribution in [1.29, 1.82) is 0 Å². The lowest BCUT2D eigenvalue weighted by molar-refractivity contribution is -0.131. The van der Waals surface area contributed by atoms with Crippen LogP contribution in [0.25, 0.3) is 10.2 Å². The molecule has 0 saturated carbocycles. The molecule has 0 aliphatic heterocycles. The molecule has 2 heterocycles. The van der Waals surface area contributed by atoms with Gasteiger partial charge in [0.2, 0.25) is 5.91 Å². The highest BCUT2D eigenvalue weighted by molar-refractivity contribution is 7.18. The molecule has 0 bridgehead atoms. The molecule has 0 unspecified atom stereocenters. The van der Waals surface area contributed by atoms with Crippen LogP contribution in [0.3, 0.4) is 0 Å². The van der Waals surface area contributed by atoms with Crippen molar-refractivity contribution in [2.75, 3.05) is 7.05 Å². The molecule has 1 amide bonds. The number of amides is 1. The van der Waals surface area contributed by atoms with Gasteiger partial charge in [0.05, 0.1) is 11.7 Å². The molecule has 0 atom stereocenters. The normalized spacial score (nSPS) is 11.0. The molecule has 130 valence electrons. The van der Waals surface area contributed by atoms with Crippen molar-refractivity contribution in [3.8, 4) is 0 Å². The van der Waals surface area contributed by atoms with Crippen LogP contribution in [0.1, 0.15) is 21.6 Å². The summed E-state index contributed by atoms with van der Waals surface area (Å²) in [7, 11) is 1.75. The van der Waals surface area contributed by atoms with E-state index in [0.29, 0.717) is 11.9 Å². The second-order valence-corrected chi connectivity index (χ2v) is 7.58. The maximum Gasteiger partial charge on any atom is 0.262 e. The fourth-order valence-corrected chi connectivity index (χ4v) is 3.69. The maximum absolute atomic E-state index is 12.7. The van der Waals surface area contributed by atoms with E-state index in [-0.39, 0.29) is 18.0 Å². The monoisotopic (exact) mass is 355 g/mol. The third kappa shape index (κ3) is 3.49. The first-order valence-electron chi connectivity index (χ1n) is 8.11. The van der Waals surface area contributed by atoms with E-state index in [1.807, 2.05) is 45.0 Å². The Morgan fingerprint density at radius 1 is 1.20 bits per heavy atom. The first-order chi connectivity index (χ1) is 11.9. The number of carbonyl (C=O) groups excluding carboxylic acids is 1. The molecule has 0 N–H and O–H groups in total. The van der Waals surface area contributed by atoms with Gasteiger partial charge in [-0.3, -0.25) is 14.2 Å². The van der Waals surface area contributed by atoms with E-state index in [4.69, 9.17) is 0 Å². The highest BCUT2D eigenvalue weighted by Gasteiger charge is 2.15. The zero-order valence-corrected chi connectivity index (χ0v) is 15.7. The molecule has 3 rings (SSSR count). The van der Waals surface area contributed by atoms with Gasteiger partial charge >= 0.3 is 0 Å². The van der Waals surface area contributed by atoms with Crippen LogP contribution in [0, 0.1) is 20.8 Å². The van der Waals surface area contributed by atoms with E-state index in [1.54, 1.807) is 11.9 Å². The Labute approximate surface area is 150 Å². The third-order valence-corrected chi connectivity index (χ3v) is 5.54. The van der Waals surface area contributed by atoms with Crippen LogP contribution in [0.2, 0.25) is 0 Å². The van der Waals surface area contributed by atoms with Gasteiger partial charge in [-0.2, -0.15) is 0 Å². The number of benzene rings is 1. The average molecular weight is 355 g/mol. The van der Waals surface area contributed by atoms with E-state index >= 15 is 0 Å². The lowest BCUT2D eigenvalue weighted by Gasteiger charge is -2.18. The van der Waals surface area contributed by atoms with Gasteiger partial charge in [0.15, 0.2) is 0 Å². The van der Waals surface area contributed by atoms with E-state index in [1.165, 1.54) is 27.8 Å². The summed E-state index contributed by atoms with van der Waals surface area (Å²) in [6.45, 7) is 6.44. The molecule has 0 saturated heterocycles. The van der Waals surface area contributed by atoms with E-state index in [9.17, 15) is 9.59 Å². The van der Waals surface area contributed by atoms with Crippen LogP contribution in [0.15, 0.2) is 35.4 Å². The molecule has 0 fully saturated rings. The summed E-state index contributed by atoms with van der Waals surface area (Å²) in [6, 6.07) is 8.07. The largest absolute Gasteiger partial charge is 0.340 e. The topological polar surface area (TPSA) is 55.2 Å². The standard InChI is InChI=1S/C19H21N3O2S/c1-12-5-7-15(8-6-12)9-21(4)16(23)10-22-11-20-18-17(19(22)24)13(2)14(3)25-18/h5-8,11H,9-10H2,1-4H3. The number of aryl methyl sites for hydroxylation is 3. The van der Waals surface area contributed by atoms with Crippen LogP contribution >= 0.6 is 11.3 Å². The van der Waals surface area contributed by atoms with Crippen molar-refractivity contribution in [3.63, 3.8) is 0 Å². The Hall–Kier alpha value is -2.47. The van der Waals surface area contributed by atoms with Crippen LogP contribution in [0.4, 0.5) is 0 Å². The summed E-state index contributed by atoms with van der Waals surface area (Å²) in [4.78, 5) is 33.0. The summed E-state index contributed by atoms with van der Waals surface area (Å²) in [6.07, 6.45) is 1.47. The molecule has 3 aromatic rings. The number of nitrogens with zero attached hydrogens (tertiary/aromatic N) is 3. The first-order valence-corrected chi connectivity index (χ1v) is 8.93. The average Bonchev–Trinajstić information content (AvgIpc) is 2.87. The van der Waals surface area contributed by atoms with Crippen molar-refractivity contribution in [1.82, 2.24) is 14.5 Å². The van der Waals surface area contributed by atoms with Gasteiger partial charge in [0.25, 0.3) is 5.56 Å². The number of rotatable bonds is 4. The van der Waals surface area contributed by atoms with Crippen molar-refractivity contribution in [3.05, 3.63) is 62.5 Å². The van der Waals surface area contributed by atoms with Gasteiger partial charge < -0.3 is 4.90 Å². The maximum atomic E-state index is 12.7. The Morgan fingerprint density at radius 3 is 2.56 bits per heavy atom. The lowest BCUT2D eigenvalue weighted by Crippen LogP contribution is -2.33. The lowest BCUT2D eigenvalue weighted by atomic mass is 10.1. The van der Waals surface area contributed by atoms with E-state index in [0.717, 1.165) is 20.8 Å². The molecular formula is C19H21N3O2S. The molecule has 0 aliphatic rings. The van der Waals surface area contributed by atoms with Crippen molar-refractivity contribution >= 4 is 27.5 Å². The number of fused-ring (bicyclic) bond motifs is 1. The zero-order chi connectivity index (χ0) is 18.1. The van der Waals surface area contributed by atoms with Gasteiger partial charge in [0.1, 0.15) is 11.4 Å². The van der Waals surface area contributed by atoms with Crippen molar-refractivity contribution < 1.29 is 4.79 Å². The van der Waals surface area contributed by atoms with Gasteiger partial charge in [0, 0.05) is 18.5 Å². The van der Waals surface area contributed by atoms with Gasteiger partial charge in [-0.25, -0.2) is 4.98 Å². The number of aromatic nitrogens is 2. The molecule has 6 heteroatoms. The number of hydrogen-bond donors (Lipinski definition) is 0. The molecule has 1 aromatic carbocycles. The summed E-state index contributed by atoms with van der Waals surface area (Å²) >= 11 is 1.51. The molecule has 0 spiro atoms. The van der Waals surface area contributed by atoms with E-state index < -0.39 is 0 Å². The smallest absolute Gasteiger partial charge is 0.262 e. The summed E-state index contributed by atoms with van der Waals surface area (Å²) in [5.41, 5.74) is 3.05. The molecule has 2 aromatic heterocycles. The SMILES string of the molecule is Cc1ccc(CN(C)C(=O)Cn2cnc3sc(C)c(C)c3c2=O)cc1. The summed E-state index contributed by atoms with van der Waals surface area (Å²) in [5, 5.41) is 0.624. The second-order valence-electron chi connectivity index (χ2n) is 6.38. The van der Waals surface area contributed by atoms with Gasteiger partial charge in [-0.15, -0.1) is 11.3 Å². The third-order valence-electron chi connectivity index (χ3n) is 4.43. The fraction of sp³-hybridized carbons (Fsp3) is 0.316. The summed E-state index contributed by atoms with van der Waals surface area (Å²) in [5.74, 6) is -0.117. The number of carbonyl (C=O) groups is 1. The number of hydrogen-bond acceptors (Lipinski definition) is 4. The Bertz CT molecular complexity index is 986. The van der Waals surface area contributed by atoms with Crippen LogP contribution < -0.4 is 5.56 Å². The number of thiophene rings is 1. The number of likely N-dealkylation sites (N-methyl/N-ethyl adjacent to an activating group) is 1. The quantitative estimate of drug-likeness (QED) is 0.723. The molecule has 0 aliphatic carbocycles. The molecule has 0 radical (unpaired) electrons. The predicted molar refractivity (Wildman–Crippen MR) is 101 cm³/mol. The molecule has 5 nitrogen and oxygen atoms in total. The molecular weight excluding hydrogens is 334 g/mol. The fourth-order valence-electron chi connectivity index (χ4n) is 2.70. The van der Waals surface area contributed by atoms with E-state index in [2.05, 4.69) is 4.98 Å². The minimum atomic E-state index is -0.149. The Kier molecular flexibility index (Phi) is 4.72. The zero-order valence-electron chi connectivity index (χ0n) is 14.9. The minimum Gasteiger partial charge on any atom is -0.340 e. The van der Waals surface area contributed by atoms with Crippen LogP contribution in [0.5, 0.6) is 0 Å². The first kappa shape index (κ1) is 17.4. The Balaban J connectivity index is 1.79. The van der Waals surface area contributed by atoms with Gasteiger partial charge in [-0.1, -0.05) is 29.8 Å². The van der Waals surface area contributed by atoms with Gasteiger partial charge in [-0.05, 0) is 31.9 Å². The minimum absolute atomic E-state index is 0.00152. The predicted octanol–water partition coefficient (Wildman–Crippen LogP) is 3.04. The van der Waals surface area contributed by atoms with Crippen LogP contribution in [-0.4, -0.2) is 27.4 Å². The highest BCUT2D eigenvalue weighted by atomic mass is 32.1. The van der Waals surface area contributed by atoms with Crippen molar-refractivity contribution in [2.45, 2.75) is 33.9 Å².